The number of carbonyl (C=O) groups is 3. The minimum atomic E-state index is -0.633. The molecule has 0 atom stereocenters. The van der Waals surface area contributed by atoms with Crippen LogP contribution in [0.2, 0.25) is 5.02 Å². The summed E-state index contributed by atoms with van der Waals surface area (Å²) in [6.07, 6.45) is 1.38. The van der Waals surface area contributed by atoms with Crippen LogP contribution in [0.5, 0.6) is 11.5 Å². The summed E-state index contributed by atoms with van der Waals surface area (Å²) in [5.74, 6) is -0.0893. The molecule has 2 aromatic carbocycles. The van der Waals surface area contributed by atoms with Gasteiger partial charge in [-0.1, -0.05) is 29.8 Å². The van der Waals surface area contributed by atoms with E-state index in [2.05, 4.69) is 5.32 Å². The maximum atomic E-state index is 12.6. The Hall–Kier alpha value is -3.57. The SMILES string of the molecule is COc1ccccc1OCC(=O)NCCN1C(=O)SC(=Cc2ccc(Cl)c([N+](=O)[O-])c2)C1=O. The number of thioether (sulfide) groups is 1. The second-order valence-electron chi connectivity index (χ2n) is 6.59. The number of halogens is 1. The van der Waals surface area contributed by atoms with Gasteiger partial charge in [0.15, 0.2) is 18.1 Å². The number of amides is 3. The Morgan fingerprint density at radius 1 is 1.24 bits per heavy atom. The molecule has 1 aliphatic heterocycles. The molecule has 33 heavy (non-hydrogen) atoms. The quantitative estimate of drug-likeness (QED) is 0.320. The normalized spacial score (nSPS) is 14.5. The molecule has 172 valence electrons. The van der Waals surface area contributed by atoms with E-state index in [1.807, 2.05) is 0 Å². The van der Waals surface area contributed by atoms with E-state index in [1.54, 1.807) is 24.3 Å². The Kier molecular flexibility index (Phi) is 7.91. The standard InChI is InChI=1S/C21H18ClN3O7S/c1-31-16-4-2-3-5-17(16)32-12-19(26)23-8-9-24-20(27)18(33-21(24)28)11-13-6-7-14(22)15(10-13)25(29)30/h2-7,10-11H,8-9,12H2,1H3,(H,23,26). The average Bonchev–Trinajstić information content (AvgIpc) is 3.06. The molecule has 0 aromatic heterocycles. The predicted molar refractivity (Wildman–Crippen MR) is 122 cm³/mol. The molecule has 0 bridgehead atoms. The van der Waals surface area contributed by atoms with E-state index in [9.17, 15) is 24.5 Å². The predicted octanol–water partition coefficient (Wildman–Crippen LogP) is 3.49. The fourth-order valence-electron chi connectivity index (χ4n) is 2.84. The van der Waals surface area contributed by atoms with E-state index in [0.29, 0.717) is 28.8 Å². The number of nitro groups is 1. The highest BCUT2D eigenvalue weighted by Gasteiger charge is 2.34. The van der Waals surface area contributed by atoms with Crippen molar-refractivity contribution in [3.63, 3.8) is 0 Å². The van der Waals surface area contributed by atoms with Gasteiger partial charge in [0.25, 0.3) is 22.7 Å². The maximum Gasteiger partial charge on any atom is 0.293 e. The second-order valence-corrected chi connectivity index (χ2v) is 7.99. The fourth-order valence-corrected chi connectivity index (χ4v) is 3.89. The van der Waals surface area contributed by atoms with E-state index >= 15 is 0 Å². The van der Waals surface area contributed by atoms with E-state index in [4.69, 9.17) is 21.1 Å². The van der Waals surface area contributed by atoms with Crippen LogP contribution in [0.1, 0.15) is 5.56 Å². The van der Waals surface area contributed by atoms with Gasteiger partial charge in [0.1, 0.15) is 5.02 Å². The van der Waals surface area contributed by atoms with E-state index in [1.165, 1.54) is 31.4 Å². The molecule has 0 aliphatic carbocycles. The maximum absolute atomic E-state index is 12.6. The second kappa shape index (κ2) is 10.8. The number of carbonyl (C=O) groups excluding carboxylic acids is 3. The van der Waals surface area contributed by atoms with Crippen molar-refractivity contribution in [2.24, 2.45) is 0 Å². The minimum Gasteiger partial charge on any atom is -0.493 e. The number of methoxy groups -OCH3 is 1. The van der Waals surface area contributed by atoms with Crippen molar-refractivity contribution < 1.29 is 28.8 Å². The van der Waals surface area contributed by atoms with Gasteiger partial charge < -0.3 is 14.8 Å². The molecule has 1 heterocycles. The summed E-state index contributed by atoms with van der Waals surface area (Å²) >= 11 is 6.50. The average molecular weight is 492 g/mol. The molecule has 3 rings (SSSR count). The van der Waals surface area contributed by atoms with E-state index < -0.39 is 22.0 Å². The van der Waals surface area contributed by atoms with Crippen LogP contribution in [-0.4, -0.2) is 53.7 Å². The van der Waals surface area contributed by atoms with Crippen LogP contribution in [0.25, 0.3) is 6.08 Å². The monoisotopic (exact) mass is 491 g/mol. The van der Waals surface area contributed by atoms with Gasteiger partial charge in [-0.3, -0.25) is 29.4 Å². The summed E-state index contributed by atoms with van der Waals surface area (Å²) in [5.41, 5.74) is 0.0566. The molecule has 2 aromatic rings. The number of benzene rings is 2. The zero-order valence-electron chi connectivity index (χ0n) is 17.3. The summed E-state index contributed by atoms with van der Waals surface area (Å²) in [6, 6.07) is 10.9. The first-order valence-corrected chi connectivity index (χ1v) is 10.7. The number of imide groups is 1. The first-order valence-electron chi connectivity index (χ1n) is 9.52. The van der Waals surface area contributed by atoms with Crippen molar-refractivity contribution in [1.82, 2.24) is 10.2 Å². The van der Waals surface area contributed by atoms with Crippen LogP contribution in [-0.2, 0) is 9.59 Å². The number of rotatable bonds is 9. The smallest absolute Gasteiger partial charge is 0.293 e. The number of nitrogens with one attached hydrogen (secondary N) is 1. The first-order chi connectivity index (χ1) is 15.8. The highest BCUT2D eigenvalue weighted by molar-refractivity contribution is 8.18. The largest absolute Gasteiger partial charge is 0.493 e. The Morgan fingerprint density at radius 2 is 1.97 bits per heavy atom. The van der Waals surface area contributed by atoms with Crippen molar-refractivity contribution in [2.45, 2.75) is 0 Å². The molecule has 0 saturated carbocycles. The van der Waals surface area contributed by atoms with Crippen LogP contribution in [0.4, 0.5) is 10.5 Å². The van der Waals surface area contributed by atoms with Gasteiger partial charge in [-0.15, -0.1) is 0 Å². The summed E-state index contributed by atoms with van der Waals surface area (Å²) in [6.45, 7) is -0.271. The van der Waals surface area contributed by atoms with Crippen molar-refractivity contribution in [3.8, 4) is 11.5 Å². The summed E-state index contributed by atoms with van der Waals surface area (Å²) < 4.78 is 10.6. The lowest BCUT2D eigenvalue weighted by atomic mass is 10.2. The lowest BCUT2D eigenvalue weighted by Gasteiger charge is -2.13. The molecular formula is C21H18ClN3O7S. The number of ether oxygens (including phenoxy) is 2. The van der Waals surface area contributed by atoms with Crippen molar-refractivity contribution in [3.05, 3.63) is 68.1 Å². The number of para-hydroxylation sites is 2. The molecule has 1 fully saturated rings. The minimum absolute atomic E-state index is 0.0318. The number of nitro benzene ring substituents is 1. The Morgan fingerprint density at radius 3 is 2.67 bits per heavy atom. The molecule has 0 unspecified atom stereocenters. The number of hydrogen-bond acceptors (Lipinski definition) is 8. The Bertz CT molecular complexity index is 1140. The van der Waals surface area contributed by atoms with Crippen LogP contribution in [0.3, 0.4) is 0 Å². The zero-order chi connectivity index (χ0) is 24.0. The van der Waals surface area contributed by atoms with Gasteiger partial charge in [-0.2, -0.15) is 0 Å². The van der Waals surface area contributed by atoms with Crippen molar-refractivity contribution >= 4 is 52.2 Å². The molecule has 1 N–H and O–H groups in total. The summed E-state index contributed by atoms with van der Waals surface area (Å²) in [4.78, 5) is 48.3. The molecular weight excluding hydrogens is 474 g/mol. The third-order valence-corrected chi connectivity index (χ3v) is 5.65. The van der Waals surface area contributed by atoms with Gasteiger partial charge in [-0.25, -0.2) is 0 Å². The molecule has 3 amide bonds. The van der Waals surface area contributed by atoms with Crippen molar-refractivity contribution in [1.29, 1.82) is 0 Å². The van der Waals surface area contributed by atoms with Crippen LogP contribution in [0.15, 0.2) is 47.4 Å². The summed E-state index contributed by atoms with van der Waals surface area (Å²) in [7, 11) is 1.49. The highest BCUT2D eigenvalue weighted by atomic mass is 35.5. The van der Waals surface area contributed by atoms with E-state index in [-0.39, 0.29) is 35.3 Å². The van der Waals surface area contributed by atoms with Gasteiger partial charge >= 0.3 is 0 Å². The van der Waals surface area contributed by atoms with Gasteiger partial charge in [0, 0.05) is 19.2 Å². The molecule has 12 heteroatoms. The van der Waals surface area contributed by atoms with Crippen molar-refractivity contribution in [2.75, 3.05) is 26.8 Å². The zero-order valence-corrected chi connectivity index (χ0v) is 18.9. The lowest BCUT2D eigenvalue weighted by Crippen LogP contribution is -2.38. The Balaban J connectivity index is 1.54. The number of nitrogens with zero attached hydrogens (tertiary/aromatic N) is 2. The van der Waals surface area contributed by atoms with Gasteiger partial charge in [-0.05, 0) is 41.6 Å². The lowest BCUT2D eigenvalue weighted by molar-refractivity contribution is -0.384. The Labute approximate surface area is 197 Å². The van der Waals surface area contributed by atoms with Crippen LogP contribution >= 0.6 is 23.4 Å². The molecule has 1 aliphatic rings. The summed E-state index contributed by atoms with van der Waals surface area (Å²) in [5, 5.41) is 13.1. The molecule has 0 radical (unpaired) electrons. The molecule has 0 spiro atoms. The first kappa shape index (κ1) is 24.1. The third-order valence-electron chi connectivity index (χ3n) is 4.42. The number of hydrogen-bond donors (Lipinski definition) is 1. The van der Waals surface area contributed by atoms with E-state index in [0.717, 1.165) is 4.90 Å². The highest BCUT2D eigenvalue weighted by Crippen LogP contribution is 2.33. The van der Waals surface area contributed by atoms with Gasteiger partial charge in [0.2, 0.25) is 0 Å². The molecule has 1 saturated heterocycles. The van der Waals surface area contributed by atoms with Gasteiger partial charge in [0.05, 0.1) is 16.9 Å². The molecule has 10 nitrogen and oxygen atoms in total. The third kappa shape index (κ3) is 6.02. The van der Waals surface area contributed by atoms with Crippen LogP contribution < -0.4 is 14.8 Å². The fraction of sp³-hybridized carbons (Fsp3) is 0.190. The topological polar surface area (TPSA) is 128 Å². The van der Waals surface area contributed by atoms with Crippen LogP contribution in [0, 0.1) is 10.1 Å².